The summed E-state index contributed by atoms with van der Waals surface area (Å²) < 4.78 is 5.03. The van der Waals surface area contributed by atoms with E-state index in [1.54, 1.807) is 32.9 Å². The molecular formula is C14H21N3O3. The van der Waals surface area contributed by atoms with E-state index in [4.69, 9.17) is 4.74 Å². The number of hydrazine groups is 1. The Balaban J connectivity index is 2.67. The molecule has 1 aromatic rings. The highest BCUT2D eigenvalue weighted by atomic mass is 16.6. The van der Waals surface area contributed by atoms with E-state index < -0.39 is 17.6 Å². The molecule has 0 spiro atoms. The van der Waals surface area contributed by atoms with Gasteiger partial charge in [-0.25, -0.2) is 10.2 Å². The van der Waals surface area contributed by atoms with Crippen molar-refractivity contribution in [1.82, 2.24) is 10.9 Å². The van der Waals surface area contributed by atoms with Crippen LogP contribution >= 0.6 is 0 Å². The zero-order valence-electron chi connectivity index (χ0n) is 12.5. The predicted molar refractivity (Wildman–Crippen MR) is 77.6 cm³/mol. The molecule has 0 saturated carbocycles. The Kier molecular flexibility index (Phi) is 4.96. The molecule has 0 aliphatic rings. The standard InChI is InChI=1S/C14H21N3O3/c1-14(2,3)20-13(19)16-15-12(18)10-8-6-7-9-11(10)17(4)5/h6-9H,1-5H3,(H,15,18)(H,16,19). The number of para-hydroxylation sites is 1. The van der Waals surface area contributed by atoms with Crippen molar-refractivity contribution in [3.63, 3.8) is 0 Å². The van der Waals surface area contributed by atoms with Gasteiger partial charge in [-0.05, 0) is 32.9 Å². The number of nitrogens with zero attached hydrogens (tertiary/aromatic N) is 1. The average Bonchev–Trinajstić information content (AvgIpc) is 2.33. The normalized spacial score (nSPS) is 10.7. The maximum absolute atomic E-state index is 12.0. The third kappa shape index (κ3) is 4.79. The molecule has 6 nitrogen and oxygen atoms in total. The van der Waals surface area contributed by atoms with E-state index in [2.05, 4.69) is 10.9 Å². The summed E-state index contributed by atoms with van der Waals surface area (Å²) in [6.07, 6.45) is -0.701. The summed E-state index contributed by atoms with van der Waals surface area (Å²) in [6, 6.07) is 7.10. The summed E-state index contributed by atoms with van der Waals surface area (Å²) in [4.78, 5) is 25.3. The minimum atomic E-state index is -0.701. The summed E-state index contributed by atoms with van der Waals surface area (Å²) in [5, 5.41) is 0. The maximum atomic E-state index is 12.0. The smallest absolute Gasteiger partial charge is 0.426 e. The quantitative estimate of drug-likeness (QED) is 0.811. The SMILES string of the molecule is CN(C)c1ccccc1C(=O)NNC(=O)OC(C)(C)C. The van der Waals surface area contributed by atoms with Crippen LogP contribution in [0.5, 0.6) is 0 Å². The first-order valence-electron chi connectivity index (χ1n) is 6.26. The Morgan fingerprint density at radius 3 is 2.25 bits per heavy atom. The summed E-state index contributed by atoms with van der Waals surface area (Å²) >= 11 is 0. The van der Waals surface area contributed by atoms with Crippen LogP contribution in [-0.4, -0.2) is 31.7 Å². The van der Waals surface area contributed by atoms with Crippen LogP contribution in [0.1, 0.15) is 31.1 Å². The topological polar surface area (TPSA) is 70.7 Å². The van der Waals surface area contributed by atoms with Crippen molar-refractivity contribution < 1.29 is 14.3 Å². The first-order chi connectivity index (χ1) is 9.20. The molecule has 0 fully saturated rings. The van der Waals surface area contributed by atoms with Crippen molar-refractivity contribution in [1.29, 1.82) is 0 Å². The Morgan fingerprint density at radius 2 is 1.70 bits per heavy atom. The number of hydrogen-bond acceptors (Lipinski definition) is 4. The average molecular weight is 279 g/mol. The highest BCUT2D eigenvalue weighted by molar-refractivity contribution is 6.00. The molecule has 0 bridgehead atoms. The Bertz CT molecular complexity index is 493. The van der Waals surface area contributed by atoms with E-state index in [9.17, 15) is 9.59 Å². The van der Waals surface area contributed by atoms with Crippen LogP contribution < -0.4 is 15.8 Å². The van der Waals surface area contributed by atoms with Crippen molar-refractivity contribution in [2.75, 3.05) is 19.0 Å². The van der Waals surface area contributed by atoms with Gasteiger partial charge in [-0.2, -0.15) is 0 Å². The molecule has 20 heavy (non-hydrogen) atoms. The van der Waals surface area contributed by atoms with E-state index in [-0.39, 0.29) is 0 Å². The van der Waals surface area contributed by atoms with E-state index >= 15 is 0 Å². The first-order valence-corrected chi connectivity index (χ1v) is 6.26. The fourth-order valence-corrected chi connectivity index (χ4v) is 1.53. The summed E-state index contributed by atoms with van der Waals surface area (Å²) in [6.45, 7) is 5.24. The molecule has 6 heteroatoms. The molecular weight excluding hydrogens is 258 g/mol. The van der Waals surface area contributed by atoms with Gasteiger partial charge in [0.25, 0.3) is 5.91 Å². The van der Waals surface area contributed by atoms with Gasteiger partial charge >= 0.3 is 6.09 Å². The minimum Gasteiger partial charge on any atom is -0.443 e. The largest absolute Gasteiger partial charge is 0.443 e. The first kappa shape index (κ1) is 15.8. The lowest BCUT2D eigenvalue weighted by atomic mass is 10.1. The maximum Gasteiger partial charge on any atom is 0.426 e. The molecule has 2 N–H and O–H groups in total. The van der Waals surface area contributed by atoms with Gasteiger partial charge in [0.1, 0.15) is 5.60 Å². The van der Waals surface area contributed by atoms with E-state index in [0.717, 1.165) is 5.69 Å². The second-order valence-corrected chi connectivity index (χ2v) is 5.49. The Labute approximate surface area is 119 Å². The molecule has 0 radical (unpaired) electrons. The highest BCUT2D eigenvalue weighted by Crippen LogP contribution is 2.17. The molecule has 1 rings (SSSR count). The molecule has 0 aliphatic heterocycles. The van der Waals surface area contributed by atoms with Crippen LogP contribution in [0, 0.1) is 0 Å². The molecule has 0 aliphatic carbocycles. The Morgan fingerprint density at radius 1 is 1.10 bits per heavy atom. The van der Waals surface area contributed by atoms with Crippen LogP contribution in [0.2, 0.25) is 0 Å². The number of anilines is 1. The second-order valence-electron chi connectivity index (χ2n) is 5.49. The van der Waals surface area contributed by atoms with Gasteiger partial charge in [0.15, 0.2) is 0 Å². The van der Waals surface area contributed by atoms with Gasteiger partial charge in [0.2, 0.25) is 0 Å². The van der Waals surface area contributed by atoms with Crippen molar-refractivity contribution >= 4 is 17.7 Å². The summed E-state index contributed by atoms with van der Waals surface area (Å²) in [5.74, 6) is -0.403. The number of carbonyl (C=O) groups excluding carboxylic acids is 2. The van der Waals surface area contributed by atoms with Crippen molar-refractivity contribution in [2.24, 2.45) is 0 Å². The molecule has 0 saturated heterocycles. The van der Waals surface area contributed by atoms with Crippen LogP contribution in [0.4, 0.5) is 10.5 Å². The Hall–Kier alpha value is -2.24. The lowest BCUT2D eigenvalue weighted by Crippen LogP contribution is -2.44. The van der Waals surface area contributed by atoms with Gasteiger partial charge < -0.3 is 9.64 Å². The van der Waals surface area contributed by atoms with Crippen LogP contribution in [-0.2, 0) is 4.74 Å². The second kappa shape index (κ2) is 6.27. The predicted octanol–water partition coefficient (Wildman–Crippen LogP) is 1.92. The number of carbonyl (C=O) groups is 2. The number of rotatable bonds is 2. The lowest BCUT2D eigenvalue weighted by Gasteiger charge is -2.20. The monoisotopic (exact) mass is 279 g/mol. The van der Waals surface area contributed by atoms with Crippen LogP contribution in [0.3, 0.4) is 0 Å². The molecule has 1 aromatic carbocycles. The number of benzene rings is 1. The van der Waals surface area contributed by atoms with Gasteiger partial charge in [0.05, 0.1) is 5.56 Å². The molecule has 0 unspecified atom stereocenters. The summed E-state index contributed by atoms with van der Waals surface area (Å²) in [5.41, 5.74) is 5.16. The number of hydrogen-bond donors (Lipinski definition) is 2. The molecule has 0 atom stereocenters. The number of amides is 2. The molecule has 2 amide bonds. The van der Waals surface area contributed by atoms with E-state index in [1.165, 1.54) is 0 Å². The third-order valence-corrected chi connectivity index (χ3v) is 2.31. The zero-order chi connectivity index (χ0) is 15.3. The number of nitrogens with one attached hydrogen (secondary N) is 2. The lowest BCUT2D eigenvalue weighted by molar-refractivity contribution is 0.0483. The fraction of sp³-hybridized carbons (Fsp3) is 0.429. The van der Waals surface area contributed by atoms with Gasteiger partial charge in [0, 0.05) is 19.8 Å². The molecule has 110 valence electrons. The van der Waals surface area contributed by atoms with Crippen molar-refractivity contribution in [3.8, 4) is 0 Å². The van der Waals surface area contributed by atoms with Crippen molar-refractivity contribution in [3.05, 3.63) is 29.8 Å². The number of ether oxygens (including phenoxy) is 1. The fourth-order valence-electron chi connectivity index (χ4n) is 1.53. The van der Waals surface area contributed by atoms with Crippen LogP contribution in [0.15, 0.2) is 24.3 Å². The van der Waals surface area contributed by atoms with Gasteiger partial charge in [-0.15, -0.1) is 0 Å². The van der Waals surface area contributed by atoms with Crippen LogP contribution in [0.25, 0.3) is 0 Å². The van der Waals surface area contributed by atoms with E-state index in [1.807, 2.05) is 31.1 Å². The highest BCUT2D eigenvalue weighted by Gasteiger charge is 2.17. The summed E-state index contributed by atoms with van der Waals surface area (Å²) in [7, 11) is 3.68. The van der Waals surface area contributed by atoms with Gasteiger partial charge in [-0.3, -0.25) is 10.2 Å². The van der Waals surface area contributed by atoms with Gasteiger partial charge in [-0.1, -0.05) is 12.1 Å². The molecule has 0 aromatic heterocycles. The third-order valence-electron chi connectivity index (χ3n) is 2.31. The van der Waals surface area contributed by atoms with Crippen molar-refractivity contribution in [2.45, 2.75) is 26.4 Å². The van der Waals surface area contributed by atoms with E-state index in [0.29, 0.717) is 5.56 Å². The zero-order valence-corrected chi connectivity index (χ0v) is 12.5. The minimum absolute atomic E-state index is 0.403. The molecule has 0 heterocycles.